The summed E-state index contributed by atoms with van der Waals surface area (Å²) in [6.45, 7) is 0. The highest BCUT2D eigenvalue weighted by molar-refractivity contribution is 6.30. The Balaban J connectivity index is 1.95. The van der Waals surface area contributed by atoms with E-state index in [0.717, 1.165) is 0 Å². The number of rotatable bonds is 8. The summed E-state index contributed by atoms with van der Waals surface area (Å²) in [7, 11) is 2.95. The maximum Gasteiger partial charge on any atom is 0.307 e. The first kappa shape index (κ1) is 21.4. The number of hydrogen-bond donors (Lipinski definition) is 2. The van der Waals surface area contributed by atoms with E-state index in [9.17, 15) is 15.0 Å². The Bertz CT molecular complexity index is 1020. The van der Waals surface area contributed by atoms with E-state index >= 15 is 0 Å². The van der Waals surface area contributed by atoms with Crippen LogP contribution in [0.15, 0.2) is 60.8 Å². The van der Waals surface area contributed by atoms with E-state index in [4.69, 9.17) is 25.8 Å². The van der Waals surface area contributed by atoms with Gasteiger partial charge in [0.15, 0.2) is 11.5 Å². The van der Waals surface area contributed by atoms with Crippen molar-refractivity contribution < 1.29 is 29.2 Å². The molecule has 0 saturated carbocycles. The van der Waals surface area contributed by atoms with E-state index in [1.54, 1.807) is 54.6 Å². The SMILES string of the molecule is COc1ccc(C(O)(CC(=O)O)c2ccc(Oc3ccc(Cl)cc3)nc2)cc1OC. The van der Waals surface area contributed by atoms with E-state index < -0.39 is 18.0 Å². The van der Waals surface area contributed by atoms with Gasteiger partial charge in [0.2, 0.25) is 5.88 Å². The average molecular weight is 430 g/mol. The van der Waals surface area contributed by atoms with Gasteiger partial charge in [-0.05, 0) is 48.0 Å². The quantitative estimate of drug-likeness (QED) is 0.552. The summed E-state index contributed by atoms with van der Waals surface area (Å²) >= 11 is 5.86. The Morgan fingerprint density at radius 1 is 1.00 bits per heavy atom. The van der Waals surface area contributed by atoms with Gasteiger partial charge in [0.1, 0.15) is 11.4 Å². The van der Waals surface area contributed by atoms with Crippen molar-refractivity contribution in [2.24, 2.45) is 0 Å². The molecule has 0 amide bonds. The summed E-state index contributed by atoms with van der Waals surface area (Å²) in [6.07, 6.45) is 0.812. The molecule has 0 saturated heterocycles. The maximum absolute atomic E-state index is 11.5. The Morgan fingerprint density at radius 3 is 2.23 bits per heavy atom. The normalized spacial score (nSPS) is 12.7. The molecule has 2 aromatic carbocycles. The summed E-state index contributed by atoms with van der Waals surface area (Å²) in [5.74, 6) is 0.485. The number of halogens is 1. The molecule has 0 spiro atoms. The monoisotopic (exact) mass is 429 g/mol. The molecule has 7 nitrogen and oxygen atoms in total. The van der Waals surface area contributed by atoms with Gasteiger partial charge in [-0.25, -0.2) is 4.98 Å². The highest BCUT2D eigenvalue weighted by Crippen LogP contribution is 2.38. The van der Waals surface area contributed by atoms with Gasteiger partial charge >= 0.3 is 5.97 Å². The number of carbonyl (C=O) groups is 1. The topological polar surface area (TPSA) is 98.1 Å². The predicted octanol–water partition coefficient (Wildman–Crippen LogP) is 4.26. The van der Waals surface area contributed by atoms with Crippen LogP contribution in [0.4, 0.5) is 0 Å². The molecule has 1 aromatic heterocycles. The highest BCUT2D eigenvalue weighted by Gasteiger charge is 2.35. The van der Waals surface area contributed by atoms with E-state index in [1.165, 1.54) is 20.4 Å². The summed E-state index contributed by atoms with van der Waals surface area (Å²) in [5, 5.41) is 21.3. The number of aliphatic hydroxyl groups is 1. The first-order valence-corrected chi connectivity index (χ1v) is 9.30. The minimum Gasteiger partial charge on any atom is -0.493 e. The van der Waals surface area contributed by atoms with Gasteiger partial charge in [0.25, 0.3) is 0 Å². The largest absolute Gasteiger partial charge is 0.493 e. The van der Waals surface area contributed by atoms with Crippen LogP contribution in [0, 0.1) is 0 Å². The first-order chi connectivity index (χ1) is 14.4. The minimum absolute atomic E-state index is 0.283. The molecule has 1 atom stereocenters. The van der Waals surface area contributed by atoms with Crippen LogP contribution in [-0.2, 0) is 10.4 Å². The number of ether oxygens (including phenoxy) is 3. The first-order valence-electron chi connectivity index (χ1n) is 8.92. The number of benzene rings is 2. The second-order valence-corrected chi connectivity index (χ2v) is 6.88. The number of nitrogens with zero attached hydrogens (tertiary/aromatic N) is 1. The van der Waals surface area contributed by atoms with Gasteiger partial charge < -0.3 is 24.4 Å². The lowest BCUT2D eigenvalue weighted by atomic mass is 9.84. The fraction of sp³-hybridized carbons (Fsp3) is 0.182. The third-order valence-corrected chi connectivity index (χ3v) is 4.77. The van der Waals surface area contributed by atoms with Crippen LogP contribution in [0.25, 0.3) is 0 Å². The smallest absolute Gasteiger partial charge is 0.307 e. The molecule has 156 valence electrons. The lowest BCUT2D eigenvalue weighted by Gasteiger charge is -2.28. The molecule has 0 aliphatic carbocycles. The predicted molar refractivity (Wildman–Crippen MR) is 111 cm³/mol. The molecule has 1 heterocycles. The third-order valence-electron chi connectivity index (χ3n) is 4.52. The molecular weight excluding hydrogens is 410 g/mol. The standard InChI is InChI=1S/C22H20ClNO6/c1-28-18-9-3-14(11-19(18)29-2)22(27,12-21(25)26)15-4-10-20(24-13-15)30-17-7-5-16(23)6-8-17/h3-11,13,27H,12H2,1-2H3,(H,25,26). The molecule has 0 bridgehead atoms. The highest BCUT2D eigenvalue weighted by atomic mass is 35.5. The Hall–Kier alpha value is -3.29. The zero-order chi connectivity index (χ0) is 21.7. The maximum atomic E-state index is 11.5. The molecule has 3 aromatic rings. The number of aliphatic carboxylic acids is 1. The summed E-state index contributed by atoms with van der Waals surface area (Å²) in [4.78, 5) is 15.7. The lowest BCUT2D eigenvalue weighted by Crippen LogP contribution is -2.30. The Kier molecular flexibility index (Phi) is 6.44. The Labute approximate surface area is 178 Å². The van der Waals surface area contributed by atoms with Crippen LogP contribution in [0.3, 0.4) is 0 Å². The molecule has 3 rings (SSSR count). The van der Waals surface area contributed by atoms with Gasteiger partial charge in [-0.3, -0.25) is 4.79 Å². The second kappa shape index (κ2) is 9.02. The van der Waals surface area contributed by atoms with Crippen LogP contribution in [-0.4, -0.2) is 35.4 Å². The fourth-order valence-electron chi connectivity index (χ4n) is 2.99. The van der Waals surface area contributed by atoms with Crippen molar-refractivity contribution in [3.05, 3.63) is 76.9 Å². The van der Waals surface area contributed by atoms with Crippen molar-refractivity contribution >= 4 is 17.6 Å². The number of carboxylic acids is 1. The van der Waals surface area contributed by atoms with Gasteiger partial charge in [-0.2, -0.15) is 0 Å². The molecule has 2 N–H and O–H groups in total. The van der Waals surface area contributed by atoms with Gasteiger partial charge in [-0.15, -0.1) is 0 Å². The molecule has 0 aliphatic rings. The van der Waals surface area contributed by atoms with Crippen molar-refractivity contribution in [1.82, 2.24) is 4.98 Å². The summed E-state index contributed by atoms with van der Waals surface area (Å²) in [6, 6.07) is 14.6. The minimum atomic E-state index is -1.84. The van der Waals surface area contributed by atoms with Gasteiger partial charge in [-0.1, -0.05) is 17.7 Å². The number of aromatic nitrogens is 1. The zero-order valence-electron chi connectivity index (χ0n) is 16.3. The van der Waals surface area contributed by atoms with Crippen LogP contribution in [0.1, 0.15) is 17.5 Å². The molecular formula is C22H20ClNO6. The van der Waals surface area contributed by atoms with E-state index in [0.29, 0.717) is 33.4 Å². The second-order valence-electron chi connectivity index (χ2n) is 6.44. The molecule has 0 aliphatic heterocycles. The van der Waals surface area contributed by atoms with Crippen LogP contribution < -0.4 is 14.2 Å². The summed E-state index contributed by atoms with van der Waals surface area (Å²) in [5.41, 5.74) is -1.21. The van der Waals surface area contributed by atoms with E-state index in [2.05, 4.69) is 4.98 Å². The van der Waals surface area contributed by atoms with Crippen LogP contribution in [0.5, 0.6) is 23.1 Å². The number of methoxy groups -OCH3 is 2. The third kappa shape index (κ3) is 4.64. The summed E-state index contributed by atoms with van der Waals surface area (Å²) < 4.78 is 16.1. The number of hydrogen-bond acceptors (Lipinski definition) is 6. The number of carboxylic acid groups (broad SMARTS) is 1. The van der Waals surface area contributed by atoms with Gasteiger partial charge in [0.05, 0.1) is 20.6 Å². The molecule has 0 radical (unpaired) electrons. The van der Waals surface area contributed by atoms with Crippen molar-refractivity contribution in [1.29, 1.82) is 0 Å². The molecule has 1 unspecified atom stereocenters. The molecule has 8 heteroatoms. The van der Waals surface area contributed by atoms with E-state index in [-0.39, 0.29) is 5.88 Å². The number of pyridine rings is 1. The van der Waals surface area contributed by atoms with Crippen molar-refractivity contribution in [2.75, 3.05) is 14.2 Å². The molecule has 0 fully saturated rings. The van der Waals surface area contributed by atoms with Crippen LogP contribution >= 0.6 is 11.6 Å². The van der Waals surface area contributed by atoms with Crippen molar-refractivity contribution in [3.8, 4) is 23.1 Å². The van der Waals surface area contributed by atoms with Crippen LogP contribution in [0.2, 0.25) is 5.02 Å². The molecule has 30 heavy (non-hydrogen) atoms. The van der Waals surface area contributed by atoms with Crippen molar-refractivity contribution in [3.63, 3.8) is 0 Å². The zero-order valence-corrected chi connectivity index (χ0v) is 17.1. The van der Waals surface area contributed by atoms with E-state index in [1.807, 2.05) is 0 Å². The fourth-order valence-corrected chi connectivity index (χ4v) is 3.12. The van der Waals surface area contributed by atoms with Gasteiger partial charge in [0, 0.05) is 22.8 Å². The average Bonchev–Trinajstić information content (AvgIpc) is 2.74. The lowest BCUT2D eigenvalue weighted by molar-refractivity contribution is -0.141. The van der Waals surface area contributed by atoms with Crippen molar-refractivity contribution in [2.45, 2.75) is 12.0 Å². The Morgan fingerprint density at radius 2 is 1.67 bits per heavy atom.